The minimum Gasteiger partial charge on any atom is -0.393 e. The summed E-state index contributed by atoms with van der Waals surface area (Å²) in [6.07, 6.45) is 1.39. The molecule has 0 fully saturated rings. The molecule has 0 saturated heterocycles. The topological polar surface area (TPSA) is 85.5 Å². The fraction of sp³-hybridized carbons (Fsp3) is 0.375. The molecule has 0 radical (unpaired) electrons. The molecule has 0 unspecified atom stereocenters. The summed E-state index contributed by atoms with van der Waals surface area (Å²) < 4.78 is 25.0. The summed E-state index contributed by atoms with van der Waals surface area (Å²) in [7, 11) is 3.25. The third kappa shape index (κ3) is 5.25. The second-order valence-electron chi connectivity index (χ2n) is 5.18. The maximum atomic E-state index is 14.0. The molecule has 3 N–H and O–H groups in total. The van der Waals surface area contributed by atoms with E-state index in [2.05, 4.69) is 31.2 Å². The molecule has 0 spiro atoms. The zero-order valence-electron chi connectivity index (χ0n) is 14.1. The molecule has 0 aliphatic rings. The molecule has 136 valence electrons. The van der Waals surface area contributed by atoms with Crippen LogP contribution in [0, 0.1) is 5.82 Å². The van der Waals surface area contributed by atoms with Crippen molar-refractivity contribution < 1.29 is 13.9 Å². The number of benzene rings is 1. The maximum Gasteiger partial charge on any atom is 0.159 e. The van der Waals surface area contributed by atoms with Crippen molar-refractivity contribution in [2.75, 3.05) is 56.5 Å². The van der Waals surface area contributed by atoms with E-state index in [1.807, 2.05) is 4.90 Å². The van der Waals surface area contributed by atoms with Crippen LogP contribution >= 0.6 is 15.9 Å². The summed E-state index contributed by atoms with van der Waals surface area (Å²) in [5.74, 6) is 0.472. The number of anilines is 4. The van der Waals surface area contributed by atoms with Crippen LogP contribution in [0.3, 0.4) is 0 Å². The zero-order valence-corrected chi connectivity index (χ0v) is 15.7. The van der Waals surface area contributed by atoms with Crippen LogP contribution < -0.4 is 16.0 Å². The molecule has 0 saturated carbocycles. The van der Waals surface area contributed by atoms with Crippen LogP contribution in [0.25, 0.3) is 0 Å². The third-order valence-corrected chi connectivity index (χ3v) is 3.97. The number of rotatable bonds is 9. The molecule has 2 aromatic rings. The first kappa shape index (κ1) is 19.4. The van der Waals surface area contributed by atoms with Gasteiger partial charge in [0.25, 0.3) is 0 Å². The summed E-state index contributed by atoms with van der Waals surface area (Å²) >= 11 is 3.23. The zero-order chi connectivity index (χ0) is 18.2. The van der Waals surface area contributed by atoms with E-state index in [9.17, 15) is 4.39 Å². The average molecular weight is 414 g/mol. The molecular formula is C16H21BrFN5O2. The van der Waals surface area contributed by atoms with Crippen LogP contribution in [0.15, 0.2) is 29.0 Å². The minimum absolute atomic E-state index is 0.278. The van der Waals surface area contributed by atoms with Gasteiger partial charge in [-0.1, -0.05) is 15.9 Å². The van der Waals surface area contributed by atoms with Crippen molar-refractivity contribution in [2.24, 2.45) is 0 Å². The highest BCUT2D eigenvalue weighted by molar-refractivity contribution is 9.10. The van der Waals surface area contributed by atoms with E-state index in [1.165, 1.54) is 12.4 Å². The van der Waals surface area contributed by atoms with E-state index < -0.39 is 5.82 Å². The van der Waals surface area contributed by atoms with E-state index in [-0.39, 0.29) is 5.69 Å². The van der Waals surface area contributed by atoms with E-state index in [4.69, 9.17) is 15.2 Å². The van der Waals surface area contributed by atoms with Crippen LogP contribution in [0.2, 0.25) is 0 Å². The Kier molecular flexibility index (Phi) is 7.35. The fourth-order valence-electron chi connectivity index (χ4n) is 2.18. The largest absolute Gasteiger partial charge is 0.393 e. The Bertz CT molecular complexity index is 696. The highest BCUT2D eigenvalue weighted by Crippen LogP contribution is 2.30. The number of nitrogens with two attached hydrogens (primary N) is 1. The lowest BCUT2D eigenvalue weighted by molar-refractivity contribution is 0.190. The molecule has 9 heteroatoms. The van der Waals surface area contributed by atoms with Crippen LogP contribution in [0.1, 0.15) is 0 Å². The maximum absolute atomic E-state index is 14.0. The first-order chi connectivity index (χ1) is 12.1. The normalized spacial score (nSPS) is 10.7. The minimum atomic E-state index is -0.412. The Labute approximate surface area is 154 Å². The molecule has 0 amide bonds. The highest BCUT2D eigenvalue weighted by atomic mass is 79.9. The fourth-order valence-corrected chi connectivity index (χ4v) is 2.52. The Morgan fingerprint density at radius 1 is 1.20 bits per heavy atom. The lowest BCUT2D eigenvalue weighted by Crippen LogP contribution is -2.32. The van der Waals surface area contributed by atoms with Gasteiger partial charge in [-0.25, -0.2) is 14.4 Å². The third-order valence-electron chi connectivity index (χ3n) is 3.48. The average Bonchev–Trinajstić information content (AvgIpc) is 2.59. The number of nitrogens with one attached hydrogen (secondary N) is 1. The van der Waals surface area contributed by atoms with Gasteiger partial charge in [0.1, 0.15) is 17.8 Å². The second kappa shape index (κ2) is 9.50. The Hall–Kier alpha value is -1.97. The number of hydrogen-bond acceptors (Lipinski definition) is 7. The van der Waals surface area contributed by atoms with E-state index in [0.29, 0.717) is 48.1 Å². The predicted octanol–water partition coefficient (Wildman–Crippen LogP) is 2.80. The first-order valence-corrected chi connectivity index (χ1v) is 8.41. The number of halogens is 2. The highest BCUT2D eigenvalue weighted by Gasteiger charge is 2.16. The summed E-state index contributed by atoms with van der Waals surface area (Å²) in [4.78, 5) is 10.3. The number of nitrogen functional groups attached to an aromatic ring is 1. The SMILES string of the molecule is COCCN(CCOC)c1ncnc(Nc2ccc(Br)cc2F)c1N. The monoisotopic (exact) mass is 413 g/mol. The molecule has 1 aromatic carbocycles. The van der Waals surface area contributed by atoms with E-state index in [1.54, 1.807) is 26.4 Å². The Morgan fingerprint density at radius 2 is 1.88 bits per heavy atom. The predicted molar refractivity (Wildman–Crippen MR) is 99.8 cm³/mol. The van der Waals surface area contributed by atoms with E-state index in [0.717, 1.165) is 0 Å². The summed E-state index contributed by atoms with van der Waals surface area (Å²) in [5.41, 5.74) is 6.82. The van der Waals surface area contributed by atoms with Gasteiger partial charge in [-0.05, 0) is 18.2 Å². The number of methoxy groups -OCH3 is 2. The van der Waals surface area contributed by atoms with Crippen molar-refractivity contribution in [3.8, 4) is 0 Å². The van der Waals surface area contributed by atoms with Crippen molar-refractivity contribution in [1.82, 2.24) is 9.97 Å². The van der Waals surface area contributed by atoms with Gasteiger partial charge in [0.2, 0.25) is 0 Å². The van der Waals surface area contributed by atoms with Crippen molar-refractivity contribution in [2.45, 2.75) is 0 Å². The smallest absolute Gasteiger partial charge is 0.159 e. The number of nitrogens with zero attached hydrogens (tertiary/aromatic N) is 3. The van der Waals surface area contributed by atoms with Crippen molar-refractivity contribution in [3.63, 3.8) is 0 Å². The van der Waals surface area contributed by atoms with Crippen LogP contribution in [0.4, 0.5) is 27.4 Å². The van der Waals surface area contributed by atoms with Crippen LogP contribution in [0.5, 0.6) is 0 Å². The summed E-state index contributed by atoms with van der Waals surface area (Å²) in [5, 5.41) is 2.91. The van der Waals surface area contributed by atoms with Gasteiger partial charge in [-0.2, -0.15) is 0 Å². The lowest BCUT2D eigenvalue weighted by atomic mass is 10.3. The van der Waals surface area contributed by atoms with Gasteiger partial charge in [0.15, 0.2) is 11.6 Å². The first-order valence-electron chi connectivity index (χ1n) is 7.62. The Morgan fingerprint density at radius 3 is 2.48 bits per heavy atom. The Balaban J connectivity index is 2.27. The van der Waals surface area contributed by atoms with Gasteiger partial charge in [-0.15, -0.1) is 0 Å². The van der Waals surface area contributed by atoms with Crippen LogP contribution in [-0.4, -0.2) is 50.5 Å². The standard InChI is InChI=1S/C16H21BrFN5O2/c1-24-7-5-23(6-8-25-2)16-14(19)15(20-10-21-16)22-13-4-3-11(17)9-12(13)18/h3-4,9-10H,5-8,19H2,1-2H3,(H,20,21,22). The van der Waals surface area contributed by atoms with Gasteiger partial charge < -0.3 is 25.4 Å². The number of ether oxygens (including phenoxy) is 2. The molecule has 2 rings (SSSR count). The summed E-state index contributed by atoms with van der Waals surface area (Å²) in [6, 6.07) is 4.70. The molecule has 0 aliphatic heterocycles. The second-order valence-corrected chi connectivity index (χ2v) is 6.10. The molecule has 0 atom stereocenters. The number of hydrogen-bond donors (Lipinski definition) is 2. The molecule has 25 heavy (non-hydrogen) atoms. The van der Waals surface area contributed by atoms with Crippen molar-refractivity contribution in [3.05, 3.63) is 34.8 Å². The summed E-state index contributed by atoms with van der Waals surface area (Å²) in [6.45, 7) is 2.20. The molecular weight excluding hydrogens is 393 g/mol. The molecule has 1 heterocycles. The van der Waals surface area contributed by atoms with Crippen molar-refractivity contribution in [1.29, 1.82) is 0 Å². The van der Waals surface area contributed by atoms with E-state index >= 15 is 0 Å². The van der Waals surface area contributed by atoms with Gasteiger partial charge >= 0.3 is 0 Å². The van der Waals surface area contributed by atoms with Gasteiger partial charge in [0, 0.05) is 31.8 Å². The molecule has 0 bridgehead atoms. The molecule has 1 aromatic heterocycles. The van der Waals surface area contributed by atoms with Gasteiger partial charge in [-0.3, -0.25) is 0 Å². The number of aromatic nitrogens is 2. The van der Waals surface area contributed by atoms with Crippen molar-refractivity contribution >= 4 is 38.9 Å². The molecule has 7 nitrogen and oxygen atoms in total. The van der Waals surface area contributed by atoms with Crippen LogP contribution in [-0.2, 0) is 9.47 Å². The quantitative estimate of drug-likeness (QED) is 0.653. The van der Waals surface area contributed by atoms with Gasteiger partial charge in [0.05, 0.1) is 18.9 Å². The lowest BCUT2D eigenvalue weighted by Gasteiger charge is -2.25. The molecule has 0 aliphatic carbocycles.